The number of hydrogen-bond donors (Lipinski definition) is 1. The third-order valence-corrected chi connectivity index (χ3v) is 3.81. The first-order valence-electron chi connectivity index (χ1n) is 7.18. The number of nitrogens with one attached hydrogen (secondary N) is 1. The van der Waals surface area contributed by atoms with E-state index in [2.05, 4.69) is 26.1 Å². The van der Waals surface area contributed by atoms with E-state index in [-0.39, 0.29) is 6.04 Å². The van der Waals surface area contributed by atoms with E-state index >= 15 is 0 Å². The predicted octanol–water partition coefficient (Wildman–Crippen LogP) is 4.83. The molecule has 3 atom stereocenters. The molecule has 0 spiro atoms. The largest absolute Gasteiger partial charge is 0.307 e. The average molecular weight is 269 g/mol. The van der Waals surface area contributed by atoms with Gasteiger partial charge >= 0.3 is 0 Å². The minimum Gasteiger partial charge on any atom is -0.307 e. The minimum absolute atomic E-state index is 0.0316. The minimum atomic E-state index is -0.789. The van der Waals surface area contributed by atoms with Crippen LogP contribution in [-0.2, 0) is 0 Å². The van der Waals surface area contributed by atoms with Crippen LogP contribution >= 0.6 is 0 Å². The lowest BCUT2D eigenvalue weighted by Crippen LogP contribution is -2.32. The van der Waals surface area contributed by atoms with Crippen LogP contribution in [0.4, 0.5) is 8.78 Å². The second-order valence-corrected chi connectivity index (χ2v) is 5.42. The number of rotatable bonds is 7. The fourth-order valence-corrected chi connectivity index (χ4v) is 2.24. The summed E-state index contributed by atoms with van der Waals surface area (Å²) >= 11 is 0. The summed E-state index contributed by atoms with van der Waals surface area (Å²) in [6.45, 7) is 8.58. The average Bonchev–Trinajstić information content (AvgIpc) is 2.40. The van der Waals surface area contributed by atoms with Gasteiger partial charge in [0.05, 0.1) is 0 Å². The lowest BCUT2D eigenvalue weighted by Gasteiger charge is -2.25. The Morgan fingerprint density at radius 1 is 1.05 bits per heavy atom. The van der Waals surface area contributed by atoms with Crippen molar-refractivity contribution < 1.29 is 8.78 Å². The Labute approximate surface area is 115 Å². The fourth-order valence-electron chi connectivity index (χ4n) is 2.24. The second-order valence-electron chi connectivity index (χ2n) is 5.42. The van der Waals surface area contributed by atoms with Gasteiger partial charge in [-0.1, -0.05) is 33.3 Å². The Balaban J connectivity index is 2.65. The molecule has 108 valence electrons. The van der Waals surface area contributed by atoms with E-state index in [1.165, 1.54) is 12.1 Å². The van der Waals surface area contributed by atoms with E-state index in [1.807, 2.05) is 6.92 Å². The van der Waals surface area contributed by atoms with Gasteiger partial charge in [0.15, 0.2) is 11.6 Å². The fraction of sp³-hybridized carbons (Fsp3) is 0.625. The number of halogens is 2. The molecule has 0 aliphatic carbocycles. The molecular formula is C16H25F2N. The smallest absolute Gasteiger partial charge is 0.159 e. The summed E-state index contributed by atoms with van der Waals surface area (Å²) in [5, 5.41) is 3.51. The van der Waals surface area contributed by atoms with Gasteiger partial charge in [-0.3, -0.25) is 0 Å². The van der Waals surface area contributed by atoms with Gasteiger partial charge in [0.1, 0.15) is 0 Å². The van der Waals surface area contributed by atoms with Crippen molar-refractivity contribution in [2.24, 2.45) is 5.92 Å². The van der Waals surface area contributed by atoms with Gasteiger partial charge < -0.3 is 5.32 Å². The molecular weight excluding hydrogens is 244 g/mol. The van der Waals surface area contributed by atoms with Crippen LogP contribution in [0.1, 0.15) is 58.6 Å². The van der Waals surface area contributed by atoms with Crippen molar-refractivity contribution in [2.75, 3.05) is 0 Å². The van der Waals surface area contributed by atoms with Crippen molar-refractivity contribution >= 4 is 0 Å². The van der Waals surface area contributed by atoms with Gasteiger partial charge in [0, 0.05) is 12.1 Å². The van der Waals surface area contributed by atoms with Crippen molar-refractivity contribution in [1.82, 2.24) is 5.32 Å². The molecule has 0 amide bonds. The zero-order valence-electron chi connectivity index (χ0n) is 12.3. The van der Waals surface area contributed by atoms with E-state index in [0.717, 1.165) is 24.8 Å². The third-order valence-electron chi connectivity index (χ3n) is 3.81. The maximum absolute atomic E-state index is 13.2. The van der Waals surface area contributed by atoms with Crippen LogP contribution in [0, 0.1) is 17.6 Å². The molecule has 0 saturated heterocycles. The van der Waals surface area contributed by atoms with Crippen LogP contribution < -0.4 is 5.32 Å². The molecule has 3 heteroatoms. The molecule has 0 radical (unpaired) electrons. The van der Waals surface area contributed by atoms with E-state index in [9.17, 15) is 8.78 Å². The maximum Gasteiger partial charge on any atom is 0.159 e. The highest BCUT2D eigenvalue weighted by atomic mass is 19.2. The highest BCUT2D eigenvalue weighted by Crippen LogP contribution is 2.19. The summed E-state index contributed by atoms with van der Waals surface area (Å²) < 4.78 is 26.1. The van der Waals surface area contributed by atoms with Crippen LogP contribution in [0.3, 0.4) is 0 Å². The predicted molar refractivity (Wildman–Crippen MR) is 76.1 cm³/mol. The molecule has 1 aromatic carbocycles. The summed E-state index contributed by atoms with van der Waals surface area (Å²) in [5.74, 6) is -0.890. The second kappa shape index (κ2) is 7.59. The third kappa shape index (κ3) is 4.90. The Hall–Kier alpha value is -0.960. The summed E-state index contributed by atoms with van der Waals surface area (Å²) in [7, 11) is 0. The zero-order chi connectivity index (χ0) is 14.4. The van der Waals surface area contributed by atoms with Crippen LogP contribution in [0.2, 0.25) is 0 Å². The topological polar surface area (TPSA) is 12.0 Å². The summed E-state index contributed by atoms with van der Waals surface area (Å²) in [5.41, 5.74) is 0.793. The molecule has 1 N–H and O–H groups in total. The first kappa shape index (κ1) is 16.1. The van der Waals surface area contributed by atoms with Gasteiger partial charge in [-0.15, -0.1) is 0 Å². The molecule has 1 nitrogen and oxygen atoms in total. The van der Waals surface area contributed by atoms with Crippen molar-refractivity contribution in [1.29, 1.82) is 0 Å². The normalized spacial score (nSPS) is 16.1. The first-order valence-corrected chi connectivity index (χ1v) is 7.18. The SMILES string of the molecule is CCC(C)CC(CC)NC(C)c1ccc(F)c(F)c1. The molecule has 0 aliphatic heterocycles. The number of benzene rings is 1. The molecule has 0 saturated carbocycles. The summed E-state index contributed by atoms with van der Waals surface area (Å²) in [6, 6.07) is 4.56. The van der Waals surface area contributed by atoms with Crippen LogP contribution in [0.5, 0.6) is 0 Å². The Bertz CT molecular complexity index is 392. The van der Waals surface area contributed by atoms with Gasteiger partial charge in [-0.25, -0.2) is 8.78 Å². The Morgan fingerprint density at radius 2 is 1.74 bits per heavy atom. The lowest BCUT2D eigenvalue weighted by atomic mass is 9.96. The lowest BCUT2D eigenvalue weighted by molar-refractivity contribution is 0.358. The molecule has 19 heavy (non-hydrogen) atoms. The van der Waals surface area contributed by atoms with Crippen molar-refractivity contribution in [2.45, 2.75) is 59.0 Å². The first-order chi connectivity index (χ1) is 8.97. The van der Waals surface area contributed by atoms with E-state index in [0.29, 0.717) is 12.0 Å². The van der Waals surface area contributed by atoms with Gasteiger partial charge in [0.25, 0.3) is 0 Å². The van der Waals surface area contributed by atoms with Crippen molar-refractivity contribution in [3.8, 4) is 0 Å². The molecule has 0 fully saturated rings. The standard InChI is InChI=1S/C16H25F2N/c1-5-11(3)9-14(6-2)19-12(4)13-7-8-15(17)16(18)10-13/h7-8,10-12,14,19H,5-6,9H2,1-4H3. The molecule has 1 rings (SSSR count). The quantitative estimate of drug-likeness (QED) is 0.747. The Morgan fingerprint density at radius 3 is 2.26 bits per heavy atom. The van der Waals surface area contributed by atoms with Crippen molar-refractivity contribution in [3.63, 3.8) is 0 Å². The van der Waals surface area contributed by atoms with Gasteiger partial charge in [-0.05, 0) is 43.4 Å². The van der Waals surface area contributed by atoms with Crippen LogP contribution in [-0.4, -0.2) is 6.04 Å². The monoisotopic (exact) mass is 269 g/mol. The molecule has 3 unspecified atom stereocenters. The Kier molecular flexibility index (Phi) is 6.43. The van der Waals surface area contributed by atoms with E-state index < -0.39 is 11.6 Å². The summed E-state index contributed by atoms with van der Waals surface area (Å²) in [6.07, 6.45) is 3.32. The van der Waals surface area contributed by atoms with Gasteiger partial charge in [0.2, 0.25) is 0 Å². The molecule has 0 bridgehead atoms. The van der Waals surface area contributed by atoms with Crippen LogP contribution in [0.15, 0.2) is 18.2 Å². The highest BCUT2D eigenvalue weighted by molar-refractivity contribution is 5.20. The van der Waals surface area contributed by atoms with Gasteiger partial charge in [-0.2, -0.15) is 0 Å². The summed E-state index contributed by atoms with van der Waals surface area (Å²) in [4.78, 5) is 0. The number of hydrogen-bond acceptors (Lipinski definition) is 1. The van der Waals surface area contributed by atoms with E-state index in [1.54, 1.807) is 6.07 Å². The van der Waals surface area contributed by atoms with Crippen molar-refractivity contribution in [3.05, 3.63) is 35.4 Å². The molecule has 0 heterocycles. The molecule has 0 aromatic heterocycles. The molecule has 1 aromatic rings. The molecule has 0 aliphatic rings. The zero-order valence-corrected chi connectivity index (χ0v) is 12.3. The maximum atomic E-state index is 13.2. The van der Waals surface area contributed by atoms with Crippen LogP contribution in [0.25, 0.3) is 0 Å². The van der Waals surface area contributed by atoms with E-state index in [4.69, 9.17) is 0 Å². The highest BCUT2D eigenvalue weighted by Gasteiger charge is 2.15.